The van der Waals surface area contributed by atoms with Crippen molar-refractivity contribution in [3.8, 4) is 5.75 Å². The van der Waals surface area contributed by atoms with E-state index in [9.17, 15) is 23.1 Å². The highest BCUT2D eigenvalue weighted by Crippen LogP contribution is 2.53. The Morgan fingerprint density at radius 2 is 1.79 bits per heavy atom. The summed E-state index contributed by atoms with van der Waals surface area (Å²) in [6.45, 7) is 18.1. The van der Waals surface area contributed by atoms with Crippen molar-refractivity contribution in [3.05, 3.63) is 106 Å². The molecule has 7 heteroatoms. The topological polar surface area (TPSA) is 49.8 Å². The number of carbonyl (C=O) groups is 1. The number of Topliss-reactive ketones (excluding diaryl/α,β-unsaturated/α-hetero) is 1. The molecule has 0 fully saturated rings. The Morgan fingerprint density at radius 1 is 1.14 bits per heavy atom. The predicted molar refractivity (Wildman–Crippen MR) is 162 cm³/mol. The Labute approximate surface area is 246 Å². The first kappa shape index (κ1) is 31.2. The summed E-state index contributed by atoms with van der Waals surface area (Å²) in [7, 11) is 1.63. The minimum absolute atomic E-state index is 0.0432. The molecule has 0 amide bonds. The number of hydrogen-bond acceptors (Lipinski definition) is 4. The molecule has 42 heavy (non-hydrogen) atoms. The Bertz CT molecular complexity index is 1540. The summed E-state index contributed by atoms with van der Waals surface area (Å²) in [5, 5.41) is 11.1. The summed E-state index contributed by atoms with van der Waals surface area (Å²) in [6.07, 6.45) is -0.469. The van der Waals surface area contributed by atoms with E-state index in [0.717, 1.165) is 41.7 Å². The van der Waals surface area contributed by atoms with E-state index in [0.29, 0.717) is 17.1 Å². The van der Waals surface area contributed by atoms with Crippen LogP contribution in [0.25, 0.3) is 0 Å². The maximum atomic E-state index is 13.9. The van der Waals surface area contributed by atoms with Crippen LogP contribution in [0.4, 0.5) is 18.9 Å². The van der Waals surface area contributed by atoms with Crippen LogP contribution >= 0.6 is 0 Å². The van der Waals surface area contributed by atoms with Crippen LogP contribution in [0.1, 0.15) is 70.2 Å². The number of alkyl halides is 3. The lowest BCUT2D eigenvalue weighted by atomic mass is 9.72. The summed E-state index contributed by atoms with van der Waals surface area (Å²) in [4.78, 5) is 15.6. The molecule has 2 aromatic carbocycles. The summed E-state index contributed by atoms with van der Waals surface area (Å²) in [5.41, 5.74) is 1.54. The minimum atomic E-state index is -4.55. The molecule has 0 saturated carbocycles. The second-order valence-electron chi connectivity index (χ2n) is 12.6. The zero-order chi connectivity index (χ0) is 31.4. The highest BCUT2D eigenvalue weighted by Gasteiger charge is 2.45. The molecule has 4 rings (SSSR count). The number of carbonyl (C=O) groups excluding carboxylic acids is 1. The first-order valence-electron chi connectivity index (χ1n) is 14.2. The number of aliphatic hydroxyl groups is 1. The van der Waals surface area contributed by atoms with E-state index >= 15 is 0 Å². The molecule has 1 N–H and O–H groups in total. The number of anilines is 1. The first-order valence-corrected chi connectivity index (χ1v) is 14.2. The van der Waals surface area contributed by atoms with Gasteiger partial charge in [-0.25, -0.2) is 0 Å². The van der Waals surface area contributed by atoms with Gasteiger partial charge in [-0.05, 0) is 66.3 Å². The molecule has 1 aliphatic carbocycles. The van der Waals surface area contributed by atoms with Gasteiger partial charge in [-0.3, -0.25) is 4.79 Å². The Kier molecular flexibility index (Phi) is 8.04. The fourth-order valence-corrected chi connectivity index (χ4v) is 6.12. The molecule has 0 aromatic heterocycles. The number of halogens is 3. The lowest BCUT2D eigenvalue weighted by Gasteiger charge is -2.32. The summed E-state index contributed by atoms with van der Waals surface area (Å²) < 4.78 is 47.4. The number of aliphatic hydroxyl groups excluding tert-OH is 1. The van der Waals surface area contributed by atoms with Gasteiger partial charge in [0.15, 0.2) is 0 Å². The number of benzene rings is 2. The standard InChI is InChI=1S/C35H40F3NO3/c1-20(2)16-17-39-26-14-11-15-27(42-9)30(26)34(7,8)28(39)19-24-31(40)23(32(24)41)18-22(4)33(5,6)29-21(3)12-10-13-25(29)35(36,37)38/h10-15,18-20,40H,4,16-17H2,1-3,5-9H3/b23-18+,28-19-. The number of allylic oxidation sites excluding steroid dienone is 6. The van der Waals surface area contributed by atoms with E-state index in [-0.39, 0.29) is 28.3 Å². The molecule has 4 nitrogen and oxygen atoms in total. The molecular formula is C35H40F3NO3. The molecule has 2 aromatic rings. The lowest BCUT2D eigenvalue weighted by Crippen LogP contribution is -2.30. The van der Waals surface area contributed by atoms with Gasteiger partial charge in [-0.1, -0.05) is 66.3 Å². The molecule has 0 spiro atoms. The number of hydrogen-bond donors (Lipinski definition) is 1. The second-order valence-corrected chi connectivity index (χ2v) is 12.6. The third-order valence-corrected chi connectivity index (χ3v) is 8.61. The quantitative estimate of drug-likeness (QED) is 0.317. The molecule has 0 radical (unpaired) electrons. The second kappa shape index (κ2) is 10.8. The zero-order valence-corrected chi connectivity index (χ0v) is 25.7. The number of fused-ring (bicyclic) bond motifs is 1. The molecule has 2 aliphatic rings. The van der Waals surface area contributed by atoms with E-state index < -0.39 is 22.6 Å². The van der Waals surface area contributed by atoms with Gasteiger partial charge in [0.05, 0.1) is 23.8 Å². The molecule has 0 atom stereocenters. The largest absolute Gasteiger partial charge is 0.506 e. The SMILES string of the molecule is C=C(/C=C1/C(=O)C(/C=C2\N(CCC(C)C)c3cccc(OC)c3C2(C)C)=C1O)C(C)(C)c1c(C)cccc1C(F)(F)F. The van der Waals surface area contributed by atoms with Gasteiger partial charge < -0.3 is 14.7 Å². The van der Waals surface area contributed by atoms with Crippen molar-refractivity contribution in [2.45, 2.75) is 71.9 Å². The van der Waals surface area contributed by atoms with Crippen LogP contribution in [0, 0.1) is 12.8 Å². The number of aryl methyl sites for hydroxylation is 1. The maximum Gasteiger partial charge on any atom is 0.416 e. The highest BCUT2D eigenvalue weighted by atomic mass is 19.4. The van der Waals surface area contributed by atoms with Crippen molar-refractivity contribution in [2.75, 3.05) is 18.6 Å². The van der Waals surface area contributed by atoms with Crippen molar-refractivity contribution in [3.63, 3.8) is 0 Å². The minimum Gasteiger partial charge on any atom is -0.506 e. The number of ether oxygens (including phenoxy) is 1. The third-order valence-electron chi connectivity index (χ3n) is 8.61. The van der Waals surface area contributed by atoms with Crippen LogP contribution in [0.15, 0.2) is 83.3 Å². The Balaban J connectivity index is 1.76. The van der Waals surface area contributed by atoms with E-state index in [1.165, 1.54) is 12.1 Å². The summed E-state index contributed by atoms with van der Waals surface area (Å²) in [6, 6.07) is 9.97. The average Bonchev–Trinajstić information content (AvgIpc) is 3.13. The van der Waals surface area contributed by atoms with Crippen LogP contribution in [0.3, 0.4) is 0 Å². The third kappa shape index (κ3) is 5.18. The number of ketones is 1. The van der Waals surface area contributed by atoms with Crippen LogP contribution in [0.5, 0.6) is 5.75 Å². The smallest absolute Gasteiger partial charge is 0.416 e. The van der Waals surface area contributed by atoms with Gasteiger partial charge in [0.25, 0.3) is 0 Å². The van der Waals surface area contributed by atoms with Crippen LogP contribution in [-0.2, 0) is 21.8 Å². The van der Waals surface area contributed by atoms with Gasteiger partial charge >= 0.3 is 6.18 Å². The van der Waals surface area contributed by atoms with Crippen LogP contribution in [0.2, 0.25) is 0 Å². The zero-order valence-electron chi connectivity index (χ0n) is 25.7. The Hall–Kier alpha value is -3.74. The van der Waals surface area contributed by atoms with Gasteiger partial charge in [0.1, 0.15) is 11.5 Å². The maximum absolute atomic E-state index is 13.9. The fraction of sp³-hybridized carbons (Fsp3) is 0.400. The molecule has 0 unspecified atom stereocenters. The average molecular weight is 580 g/mol. The molecule has 1 aliphatic heterocycles. The lowest BCUT2D eigenvalue weighted by molar-refractivity contribution is -0.138. The summed E-state index contributed by atoms with van der Waals surface area (Å²) in [5.74, 6) is 0.646. The van der Waals surface area contributed by atoms with Gasteiger partial charge in [-0.2, -0.15) is 13.2 Å². The van der Waals surface area contributed by atoms with Gasteiger partial charge in [-0.15, -0.1) is 0 Å². The van der Waals surface area contributed by atoms with E-state index in [1.807, 2.05) is 18.2 Å². The molecule has 0 saturated heterocycles. The normalized spacial score (nSPS) is 18.7. The van der Waals surface area contributed by atoms with Crippen molar-refractivity contribution in [2.24, 2.45) is 5.92 Å². The van der Waals surface area contributed by atoms with E-state index in [1.54, 1.807) is 40.0 Å². The van der Waals surface area contributed by atoms with Crippen molar-refractivity contribution in [1.82, 2.24) is 0 Å². The van der Waals surface area contributed by atoms with Crippen LogP contribution < -0.4 is 9.64 Å². The van der Waals surface area contributed by atoms with Crippen molar-refractivity contribution < 1.29 is 27.8 Å². The molecule has 0 bridgehead atoms. The number of nitrogens with zero attached hydrogens (tertiary/aromatic N) is 1. The van der Waals surface area contributed by atoms with Crippen molar-refractivity contribution in [1.29, 1.82) is 0 Å². The summed E-state index contributed by atoms with van der Waals surface area (Å²) >= 11 is 0. The van der Waals surface area contributed by atoms with Gasteiger partial charge in [0.2, 0.25) is 5.78 Å². The van der Waals surface area contributed by atoms with Gasteiger partial charge in [0, 0.05) is 34.3 Å². The van der Waals surface area contributed by atoms with Crippen LogP contribution in [-0.4, -0.2) is 24.5 Å². The van der Waals surface area contributed by atoms with E-state index in [4.69, 9.17) is 4.74 Å². The monoisotopic (exact) mass is 579 g/mol. The number of methoxy groups -OCH3 is 1. The fourth-order valence-electron chi connectivity index (χ4n) is 6.12. The molecular weight excluding hydrogens is 539 g/mol. The molecule has 1 heterocycles. The Morgan fingerprint density at radius 3 is 2.36 bits per heavy atom. The predicted octanol–water partition coefficient (Wildman–Crippen LogP) is 8.91. The number of rotatable bonds is 8. The molecule has 224 valence electrons. The highest BCUT2D eigenvalue weighted by molar-refractivity contribution is 6.21. The first-order chi connectivity index (χ1) is 19.4. The van der Waals surface area contributed by atoms with E-state index in [2.05, 4.69) is 39.2 Å². The van der Waals surface area contributed by atoms with Crippen molar-refractivity contribution >= 4 is 11.5 Å².